The first-order chi connectivity index (χ1) is 14.0. The average Bonchev–Trinajstić information content (AvgIpc) is 2.74. The lowest BCUT2D eigenvalue weighted by atomic mass is 9.59. The van der Waals surface area contributed by atoms with Crippen molar-refractivity contribution in [3.63, 3.8) is 0 Å². The normalized spacial score (nSPS) is 20.4. The summed E-state index contributed by atoms with van der Waals surface area (Å²) in [5, 5.41) is 19.9. The second-order valence-electron chi connectivity index (χ2n) is 8.21. The van der Waals surface area contributed by atoms with E-state index in [9.17, 15) is 19.7 Å². The highest BCUT2D eigenvalue weighted by atomic mass is 16.5. The summed E-state index contributed by atoms with van der Waals surface area (Å²) in [5.74, 6) is -1.11. The fourth-order valence-corrected chi connectivity index (χ4v) is 4.90. The number of benzene rings is 2. The zero-order valence-corrected chi connectivity index (χ0v) is 16.3. The molecule has 150 valence electrons. The van der Waals surface area contributed by atoms with Crippen LogP contribution in [0.2, 0.25) is 5.82 Å². The lowest BCUT2D eigenvalue weighted by Crippen LogP contribution is -2.42. The maximum atomic E-state index is 13.6. The molecule has 5 nitrogen and oxygen atoms in total. The molecule has 2 aromatic carbocycles. The Labute approximate surface area is 170 Å². The summed E-state index contributed by atoms with van der Waals surface area (Å²) in [4.78, 5) is 25.0. The van der Waals surface area contributed by atoms with E-state index >= 15 is 0 Å². The maximum absolute atomic E-state index is 13.6. The summed E-state index contributed by atoms with van der Waals surface area (Å²) < 4.78 is 5.59. The van der Waals surface area contributed by atoms with E-state index in [1.54, 1.807) is 12.1 Å². The quantitative estimate of drug-likeness (QED) is 0.751. The standard InChI is InChI=1S/C23H25BO5/c25-20(23(12-5-2-6-13-23)17-9-3-1-4-10-17)15-18-14-16-8-7-11-19(22(26)27)21(16)29-24(18)28/h1,3-4,7-11,18,28H,2,5-6,12-15H2,(H,26,27)/t18-/m1/s1. The fraction of sp³-hybridized carbons (Fsp3) is 0.391. The molecule has 6 heteroatoms. The molecule has 1 aliphatic carbocycles. The van der Waals surface area contributed by atoms with Crippen LogP contribution in [-0.2, 0) is 16.6 Å². The number of Topliss-reactive ketones (excluding diaryl/α,β-unsaturated/α-hetero) is 1. The summed E-state index contributed by atoms with van der Waals surface area (Å²) in [6.07, 6.45) is 5.49. The van der Waals surface area contributed by atoms with Crippen molar-refractivity contribution in [2.24, 2.45) is 0 Å². The van der Waals surface area contributed by atoms with E-state index in [-0.39, 0.29) is 29.3 Å². The lowest BCUT2D eigenvalue weighted by Gasteiger charge is -2.38. The minimum absolute atomic E-state index is 0.0411. The molecule has 1 fully saturated rings. The molecule has 0 aromatic heterocycles. The Morgan fingerprint density at radius 1 is 1.03 bits per heavy atom. The molecule has 2 aliphatic rings. The number of carboxylic acids is 1. The second kappa shape index (κ2) is 8.03. The van der Waals surface area contributed by atoms with E-state index in [1.165, 1.54) is 6.07 Å². The van der Waals surface area contributed by atoms with Gasteiger partial charge in [-0.15, -0.1) is 0 Å². The minimum Gasteiger partial charge on any atom is -0.535 e. The van der Waals surface area contributed by atoms with Crippen molar-refractivity contribution in [1.82, 2.24) is 0 Å². The van der Waals surface area contributed by atoms with Crippen LogP contribution >= 0.6 is 0 Å². The highest BCUT2D eigenvalue weighted by molar-refractivity contribution is 6.47. The molecule has 1 aliphatic heterocycles. The maximum Gasteiger partial charge on any atom is 0.526 e. The van der Waals surface area contributed by atoms with Crippen molar-refractivity contribution in [3.8, 4) is 5.75 Å². The average molecular weight is 392 g/mol. The van der Waals surface area contributed by atoms with E-state index < -0.39 is 18.5 Å². The number of carbonyl (C=O) groups is 2. The third kappa shape index (κ3) is 3.69. The van der Waals surface area contributed by atoms with Gasteiger partial charge in [-0.3, -0.25) is 4.79 Å². The van der Waals surface area contributed by atoms with Crippen molar-refractivity contribution in [2.45, 2.75) is 56.2 Å². The van der Waals surface area contributed by atoms with Gasteiger partial charge in [0.15, 0.2) is 0 Å². The van der Waals surface area contributed by atoms with Gasteiger partial charge in [0.25, 0.3) is 0 Å². The number of ketones is 1. The van der Waals surface area contributed by atoms with E-state index in [0.29, 0.717) is 6.42 Å². The number of hydrogen-bond acceptors (Lipinski definition) is 4. The van der Waals surface area contributed by atoms with Crippen molar-refractivity contribution in [1.29, 1.82) is 0 Å². The molecule has 0 amide bonds. The summed E-state index contributed by atoms with van der Waals surface area (Å²) >= 11 is 0. The molecule has 4 rings (SSSR count). The Hall–Kier alpha value is -2.60. The molecule has 0 radical (unpaired) electrons. The molecule has 1 saturated carbocycles. The molecule has 0 unspecified atom stereocenters. The van der Waals surface area contributed by atoms with Crippen LogP contribution in [0, 0.1) is 0 Å². The molecule has 29 heavy (non-hydrogen) atoms. The number of rotatable bonds is 5. The monoisotopic (exact) mass is 392 g/mol. The molecule has 2 N–H and O–H groups in total. The number of fused-ring (bicyclic) bond motifs is 1. The van der Waals surface area contributed by atoms with Gasteiger partial charge < -0.3 is 14.8 Å². The predicted octanol–water partition coefficient (Wildman–Crippen LogP) is 4.03. The molecule has 0 saturated heterocycles. The van der Waals surface area contributed by atoms with Gasteiger partial charge in [0.1, 0.15) is 11.5 Å². The van der Waals surface area contributed by atoms with Gasteiger partial charge in [-0.2, -0.15) is 0 Å². The largest absolute Gasteiger partial charge is 0.535 e. The second-order valence-corrected chi connectivity index (χ2v) is 8.21. The van der Waals surface area contributed by atoms with Gasteiger partial charge in [-0.05, 0) is 36.5 Å². The predicted molar refractivity (Wildman–Crippen MR) is 110 cm³/mol. The summed E-state index contributed by atoms with van der Waals surface area (Å²) in [6, 6.07) is 14.9. The molecule has 0 bridgehead atoms. The van der Waals surface area contributed by atoms with Gasteiger partial charge in [0.2, 0.25) is 0 Å². The SMILES string of the molecule is O=C(O)c1cccc2c1OB(O)[C@@H](CC(=O)C1(c3ccccc3)CCCCC1)C2. The smallest absolute Gasteiger partial charge is 0.526 e. The fourth-order valence-electron chi connectivity index (χ4n) is 4.90. The number of aromatic carboxylic acids is 1. The summed E-state index contributed by atoms with van der Waals surface area (Å²) in [6.45, 7) is 0. The van der Waals surface area contributed by atoms with Gasteiger partial charge in [0, 0.05) is 12.2 Å². The number of hydrogen-bond donors (Lipinski definition) is 2. The van der Waals surface area contributed by atoms with Crippen LogP contribution < -0.4 is 4.65 Å². The molecule has 2 aromatic rings. The van der Waals surface area contributed by atoms with Crippen LogP contribution in [0.15, 0.2) is 48.5 Å². The molecule has 0 spiro atoms. The molecular formula is C23H25BO5. The van der Waals surface area contributed by atoms with E-state index in [4.69, 9.17) is 4.65 Å². The topological polar surface area (TPSA) is 83.8 Å². The van der Waals surface area contributed by atoms with Crippen molar-refractivity contribution in [2.75, 3.05) is 0 Å². The van der Waals surface area contributed by atoms with Crippen molar-refractivity contribution >= 4 is 18.9 Å². The molecular weight excluding hydrogens is 367 g/mol. The first-order valence-corrected chi connectivity index (χ1v) is 10.3. The number of para-hydroxylation sites is 1. The van der Waals surface area contributed by atoms with Crippen molar-refractivity contribution < 1.29 is 24.4 Å². The van der Waals surface area contributed by atoms with Crippen LogP contribution in [0.1, 0.15) is 60.0 Å². The van der Waals surface area contributed by atoms with Crippen LogP contribution in [-0.4, -0.2) is 29.0 Å². The number of carbonyl (C=O) groups excluding carboxylic acids is 1. The Morgan fingerprint density at radius 3 is 2.45 bits per heavy atom. The van der Waals surface area contributed by atoms with Crippen LogP contribution in [0.25, 0.3) is 0 Å². The zero-order valence-electron chi connectivity index (χ0n) is 16.3. The van der Waals surface area contributed by atoms with Gasteiger partial charge in [0.05, 0.1) is 11.0 Å². The Bertz CT molecular complexity index is 905. The summed E-state index contributed by atoms with van der Waals surface area (Å²) in [5.41, 5.74) is 1.33. The van der Waals surface area contributed by atoms with Crippen LogP contribution in [0.5, 0.6) is 5.75 Å². The van der Waals surface area contributed by atoms with E-state index in [0.717, 1.165) is 43.2 Å². The minimum atomic E-state index is -1.19. The highest BCUT2D eigenvalue weighted by Gasteiger charge is 2.45. The van der Waals surface area contributed by atoms with E-state index in [2.05, 4.69) is 0 Å². The summed E-state index contributed by atoms with van der Waals surface area (Å²) in [7, 11) is -1.19. The van der Waals surface area contributed by atoms with Gasteiger partial charge >= 0.3 is 13.1 Å². The molecule has 1 atom stereocenters. The molecule has 1 heterocycles. The Kier molecular flexibility index (Phi) is 5.46. The Balaban J connectivity index is 1.59. The van der Waals surface area contributed by atoms with Crippen LogP contribution in [0.3, 0.4) is 0 Å². The van der Waals surface area contributed by atoms with Crippen molar-refractivity contribution in [3.05, 3.63) is 65.2 Å². The van der Waals surface area contributed by atoms with E-state index in [1.807, 2.05) is 30.3 Å². The Morgan fingerprint density at radius 2 is 1.76 bits per heavy atom. The number of carboxylic acid groups (broad SMARTS) is 1. The zero-order chi connectivity index (χ0) is 20.4. The third-order valence-corrected chi connectivity index (χ3v) is 6.47. The highest BCUT2D eigenvalue weighted by Crippen LogP contribution is 2.44. The third-order valence-electron chi connectivity index (χ3n) is 6.47. The van der Waals surface area contributed by atoms with Gasteiger partial charge in [-0.25, -0.2) is 4.79 Å². The van der Waals surface area contributed by atoms with Crippen LogP contribution in [0.4, 0.5) is 0 Å². The first kappa shape index (κ1) is 19.7. The lowest BCUT2D eigenvalue weighted by molar-refractivity contribution is -0.126. The first-order valence-electron chi connectivity index (χ1n) is 10.3. The van der Waals surface area contributed by atoms with Gasteiger partial charge in [-0.1, -0.05) is 61.7 Å².